The minimum atomic E-state index is 0.895. The van der Waals surface area contributed by atoms with Crippen LogP contribution in [0.5, 0.6) is 0 Å². The van der Waals surface area contributed by atoms with Crippen LogP contribution in [0.4, 0.5) is 0 Å². The first kappa shape index (κ1) is 25.1. The van der Waals surface area contributed by atoms with E-state index in [0.717, 1.165) is 11.8 Å². The summed E-state index contributed by atoms with van der Waals surface area (Å²) >= 11 is 0. The van der Waals surface area contributed by atoms with Gasteiger partial charge in [-0.15, -0.1) is 0 Å². The molecule has 32 heavy (non-hydrogen) atoms. The molecule has 0 atom stereocenters. The molecule has 0 radical (unpaired) electrons. The fourth-order valence-corrected chi connectivity index (χ4v) is 5.50. The fraction of sp³-hybridized carbons (Fsp3) is 0.625. The summed E-state index contributed by atoms with van der Waals surface area (Å²) in [5, 5.41) is 0. The van der Waals surface area contributed by atoms with Gasteiger partial charge in [-0.3, -0.25) is 0 Å². The number of rotatable bonds is 14. The molecule has 176 valence electrons. The Balaban J connectivity index is 1.34. The van der Waals surface area contributed by atoms with E-state index in [1.54, 1.807) is 11.1 Å². The van der Waals surface area contributed by atoms with Gasteiger partial charge in [-0.25, -0.2) is 0 Å². The van der Waals surface area contributed by atoms with Gasteiger partial charge in [-0.05, 0) is 98.3 Å². The predicted octanol–water partition coefficient (Wildman–Crippen LogP) is 9.52. The summed E-state index contributed by atoms with van der Waals surface area (Å²) in [4.78, 5) is 0. The van der Waals surface area contributed by atoms with Gasteiger partial charge in [0.25, 0.3) is 0 Å². The van der Waals surface area contributed by atoms with E-state index in [-0.39, 0.29) is 0 Å². The average molecular weight is 433 g/mol. The van der Waals surface area contributed by atoms with Crippen LogP contribution in [0.25, 0.3) is 0 Å². The topological polar surface area (TPSA) is 0 Å². The molecule has 2 aromatic rings. The van der Waals surface area contributed by atoms with Gasteiger partial charge in [-0.1, -0.05) is 101 Å². The monoisotopic (exact) mass is 432 g/mol. The lowest BCUT2D eigenvalue weighted by atomic mass is 9.77. The van der Waals surface area contributed by atoms with Crippen LogP contribution in [0.2, 0.25) is 0 Å². The Morgan fingerprint density at radius 3 is 1.25 bits per heavy atom. The number of benzene rings is 2. The minimum Gasteiger partial charge on any atom is -0.0654 e. The van der Waals surface area contributed by atoms with Gasteiger partial charge in [0.2, 0.25) is 0 Å². The molecule has 0 nitrogen and oxygen atoms in total. The molecule has 0 spiro atoms. The van der Waals surface area contributed by atoms with Crippen LogP contribution in [0.15, 0.2) is 48.5 Å². The van der Waals surface area contributed by atoms with Crippen molar-refractivity contribution in [2.75, 3.05) is 0 Å². The summed E-state index contributed by atoms with van der Waals surface area (Å²) < 4.78 is 0. The van der Waals surface area contributed by atoms with Crippen LogP contribution in [-0.2, 0) is 25.7 Å². The Kier molecular flexibility index (Phi) is 11.4. The third-order valence-electron chi connectivity index (χ3n) is 7.70. The van der Waals surface area contributed by atoms with E-state index in [1.807, 2.05) is 0 Å². The van der Waals surface area contributed by atoms with Crippen molar-refractivity contribution in [1.29, 1.82) is 0 Å². The van der Waals surface area contributed by atoms with Gasteiger partial charge < -0.3 is 0 Å². The second kappa shape index (κ2) is 14.6. The zero-order valence-corrected chi connectivity index (χ0v) is 21.1. The van der Waals surface area contributed by atoms with Crippen LogP contribution >= 0.6 is 0 Å². The van der Waals surface area contributed by atoms with Crippen LogP contribution in [-0.4, -0.2) is 0 Å². The summed E-state index contributed by atoms with van der Waals surface area (Å²) in [5.74, 6) is 1.79. The van der Waals surface area contributed by atoms with Gasteiger partial charge in [0.1, 0.15) is 0 Å². The molecule has 0 aliphatic heterocycles. The van der Waals surface area contributed by atoms with E-state index in [0.29, 0.717) is 0 Å². The maximum atomic E-state index is 2.41. The lowest BCUT2D eigenvalue weighted by molar-refractivity contribution is 0.272. The molecule has 1 fully saturated rings. The molecule has 0 bridgehead atoms. The van der Waals surface area contributed by atoms with Gasteiger partial charge in [0, 0.05) is 0 Å². The highest BCUT2D eigenvalue weighted by atomic mass is 14.3. The first-order chi connectivity index (χ1) is 15.8. The Morgan fingerprint density at radius 2 is 0.812 bits per heavy atom. The van der Waals surface area contributed by atoms with Crippen molar-refractivity contribution in [2.24, 2.45) is 11.8 Å². The summed E-state index contributed by atoms with van der Waals surface area (Å²) in [5.41, 5.74) is 6.17. The number of aryl methyl sites for hydroxylation is 2. The maximum Gasteiger partial charge on any atom is -0.0250 e. The Hall–Kier alpha value is -1.56. The van der Waals surface area contributed by atoms with Crippen LogP contribution in [0.3, 0.4) is 0 Å². The highest BCUT2D eigenvalue weighted by Crippen LogP contribution is 2.33. The molecule has 0 aromatic heterocycles. The lowest BCUT2D eigenvalue weighted by Gasteiger charge is -2.28. The second-order valence-corrected chi connectivity index (χ2v) is 10.5. The summed E-state index contributed by atoms with van der Waals surface area (Å²) in [6.07, 6.45) is 21.6. The molecular weight excluding hydrogens is 384 g/mol. The molecule has 0 N–H and O–H groups in total. The van der Waals surface area contributed by atoms with E-state index >= 15 is 0 Å². The molecule has 0 saturated heterocycles. The zero-order valence-electron chi connectivity index (χ0n) is 21.1. The van der Waals surface area contributed by atoms with E-state index in [9.17, 15) is 0 Å². The van der Waals surface area contributed by atoms with E-state index in [1.165, 1.54) is 114 Å². The average Bonchev–Trinajstić information content (AvgIpc) is 2.82. The SMILES string of the molecule is CCCCCCCc1ccc(CC2CCC(Cc3ccc(CCCCC)cc3)CC2)cc1. The van der Waals surface area contributed by atoms with E-state index in [4.69, 9.17) is 0 Å². The van der Waals surface area contributed by atoms with Crippen molar-refractivity contribution < 1.29 is 0 Å². The standard InChI is InChI=1S/C32H48/c1-3-5-7-8-10-12-28-15-19-30(20-16-28)26-32-23-21-31(22-24-32)25-29-17-13-27(14-18-29)11-9-6-4-2/h13-20,31-32H,3-12,21-26H2,1-2H3. The van der Waals surface area contributed by atoms with Gasteiger partial charge in [0.15, 0.2) is 0 Å². The smallest absolute Gasteiger partial charge is 0.0250 e. The predicted molar refractivity (Wildman–Crippen MR) is 141 cm³/mol. The van der Waals surface area contributed by atoms with E-state index in [2.05, 4.69) is 62.4 Å². The molecule has 1 aliphatic carbocycles. The lowest BCUT2D eigenvalue weighted by Crippen LogP contribution is -2.18. The van der Waals surface area contributed by atoms with Crippen molar-refractivity contribution in [3.05, 3.63) is 70.8 Å². The quantitative estimate of drug-likeness (QED) is 0.261. The number of hydrogen-bond acceptors (Lipinski definition) is 0. The highest BCUT2D eigenvalue weighted by molar-refractivity contribution is 5.24. The third-order valence-corrected chi connectivity index (χ3v) is 7.70. The largest absolute Gasteiger partial charge is 0.0654 e. The minimum absolute atomic E-state index is 0.895. The number of hydrogen-bond donors (Lipinski definition) is 0. The van der Waals surface area contributed by atoms with Crippen molar-refractivity contribution in [3.8, 4) is 0 Å². The molecule has 0 heterocycles. The fourth-order valence-electron chi connectivity index (χ4n) is 5.50. The number of unbranched alkanes of at least 4 members (excludes halogenated alkanes) is 6. The zero-order chi connectivity index (χ0) is 22.4. The molecular formula is C32H48. The first-order valence-electron chi connectivity index (χ1n) is 13.9. The molecule has 0 amide bonds. The molecule has 1 saturated carbocycles. The Morgan fingerprint density at radius 1 is 0.469 bits per heavy atom. The summed E-state index contributed by atoms with van der Waals surface area (Å²) in [6, 6.07) is 19.2. The second-order valence-electron chi connectivity index (χ2n) is 10.5. The van der Waals surface area contributed by atoms with Crippen molar-refractivity contribution in [1.82, 2.24) is 0 Å². The van der Waals surface area contributed by atoms with Gasteiger partial charge in [0.05, 0.1) is 0 Å². The van der Waals surface area contributed by atoms with Crippen molar-refractivity contribution in [3.63, 3.8) is 0 Å². The first-order valence-corrected chi connectivity index (χ1v) is 13.9. The summed E-state index contributed by atoms with van der Waals surface area (Å²) in [6.45, 7) is 4.57. The maximum absolute atomic E-state index is 2.41. The van der Waals surface area contributed by atoms with Crippen molar-refractivity contribution >= 4 is 0 Å². The molecule has 2 aromatic carbocycles. The normalized spacial score (nSPS) is 18.7. The van der Waals surface area contributed by atoms with Crippen LogP contribution in [0, 0.1) is 11.8 Å². The van der Waals surface area contributed by atoms with Crippen molar-refractivity contribution in [2.45, 2.75) is 117 Å². The van der Waals surface area contributed by atoms with Gasteiger partial charge in [-0.2, -0.15) is 0 Å². The third kappa shape index (κ3) is 9.13. The molecule has 1 aliphatic rings. The molecule has 3 rings (SSSR count). The Bertz CT molecular complexity index is 716. The molecule has 0 unspecified atom stereocenters. The summed E-state index contributed by atoms with van der Waals surface area (Å²) in [7, 11) is 0. The Labute approximate surface area is 199 Å². The van der Waals surface area contributed by atoms with E-state index < -0.39 is 0 Å². The highest BCUT2D eigenvalue weighted by Gasteiger charge is 2.21. The molecule has 0 heteroatoms. The van der Waals surface area contributed by atoms with Crippen LogP contribution < -0.4 is 0 Å². The van der Waals surface area contributed by atoms with Gasteiger partial charge >= 0.3 is 0 Å². The van der Waals surface area contributed by atoms with Crippen LogP contribution in [0.1, 0.15) is 113 Å².